The normalized spacial score (nSPS) is 10.8. The van der Waals surface area contributed by atoms with Crippen LogP contribution in [-0.4, -0.2) is 18.0 Å². The molecule has 0 aliphatic carbocycles. The summed E-state index contributed by atoms with van der Waals surface area (Å²) in [6, 6.07) is 13.4. The van der Waals surface area contributed by atoms with Gasteiger partial charge in [0.25, 0.3) is 5.91 Å². The van der Waals surface area contributed by atoms with Crippen molar-refractivity contribution in [2.75, 3.05) is 12.4 Å². The number of ether oxygens (including phenoxy) is 1. The minimum atomic E-state index is -0.479. The molecule has 0 fully saturated rings. The number of nitrogens with zero attached hydrogens (tertiary/aromatic N) is 1. The van der Waals surface area contributed by atoms with Gasteiger partial charge in [0.1, 0.15) is 5.76 Å². The third kappa shape index (κ3) is 4.08. The van der Waals surface area contributed by atoms with Crippen LogP contribution in [0, 0.1) is 12.7 Å². The quantitative estimate of drug-likeness (QED) is 0.386. The van der Waals surface area contributed by atoms with Gasteiger partial charge in [-0.2, -0.15) is 0 Å². The molecule has 1 N–H and O–H groups in total. The highest BCUT2D eigenvalue weighted by Gasteiger charge is 2.15. The molecule has 8 heteroatoms. The molecular formula is C22H16ClFN2O3S. The molecule has 5 nitrogen and oxygen atoms in total. The van der Waals surface area contributed by atoms with E-state index in [1.165, 1.54) is 30.6 Å². The van der Waals surface area contributed by atoms with Gasteiger partial charge >= 0.3 is 0 Å². The molecular weight excluding hydrogens is 427 g/mol. The first-order valence-electron chi connectivity index (χ1n) is 8.92. The Morgan fingerprint density at radius 1 is 1.17 bits per heavy atom. The van der Waals surface area contributed by atoms with E-state index in [0.29, 0.717) is 27.2 Å². The number of aromatic nitrogens is 1. The summed E-state index contributed by atoms with van der Waals surface area (Å²) >= 11 is 7.40. The number of carbonyl (C=O) groups excluding carboxylic acids is 1. The van der Waals surface area contributed by atoms with E-state index >= 15 is 0 Å². The highest BCUT2D eigenvalue weighted by Crippen LogP contribution is 2.30. The first-order valence-corrected chi connectivity index (χ1v) is 10.2. The Morgan fingerprint density at radius 2 is 1.97 bits per heavy atom. The highest BCUT2D eigenvalue weighted by molar-refractivity contribution is 7.14. The maximum atomic E-state index is 13.9. The molecule has 4 aromatic rings. The lowest BCUT2D eigenvalue weighted by Gasteiger charge is -2.03. The van der Waals surface area contributed by atoms with Crippen LogP contribution in [0.4, 0.5) is 9.52 Å². The van der Waals surface area contributed by atoms with Crippen LogP contribution in [-0.2, 0) is 0 Å². The first kappa shape index (κ1) is 20.1. The Bertz CT molecular complexity index is 1230. The summed E-state index contributed by atoms with van der Waals surface area (Å²) in [5, 5.41) is 5.44. The summed E-state index contributed by atoms with van der Waals surface area (Å²) in [4.78, 5) is 16.9. The minimum Gasteiger partial charge on any atom is -0.494 e. The molecule has 0 saturated carbocycles. The summed E-state index contributed by atoms with van der Waals surface area (Å²) in [5.74, 6) is -0.0651. The number of hydrogen-bond donors (Lipinski definition) is 1. The van der Waals surface area contributed by atoms with Crippen molar-refractivity contribution >= 4 is 34.0 Å². The van der Waals surface area contributed by atoms with Gasteiger partial charge in [0, 0.05) is 21.5 Å². The summed E-state index contributed by atoms with van der Waals surface area (Å²) in [7, 11) is 1.40. The zero-order chi connectivity index (χ0) is 21.3. The monoisotopic (exact) mass is 442 g/mol. The maximum Gasteiger partial charge on any atom is 0.293 e. The fourth-order valence-corrected chi connectivity index (χ4v) is 3.70. The third-order valence-corrected chi connectivity index (χ3v) is 5.62. The lowest BCUT2D eigenvalue weighted by atomic mass is 10.1. The number of aryl methyl sites for hydroxylation is 1. The van der Waals surface area contributed by atoms with Gasteiger partial charge in [-0.05, 0) is 48.9 Å². The van der Waals surface area contributed by atoms with Gasteiger partial charge in [0.05, 0.1) is 12.8 Å². The van der Waals surface area contributed by atoms with Gasteiger partial charge < -0.3 is 9.15 Å². The number of hydrogen-bond acceptors (Lipinski definition) is 5. The Morgan fingerprint density at radius 3 is 2.70 bits per heavy atom. The van der Waals surface area contributed by atoms with Gasteiger partial charge in [-0.25, -0.2) is 9.37 Å². The molecule has 1 amide bonds. The van der Waals surface area contributed by atoms with E-state index < -0.39 is 11.7 Å². The van der Waals surface area contributed by atoms with Crippen molar-refractivity contribution in [1.29, 1.82) is 0 Å². The molecule has 152 valence electrons. The number of carbonyl (C=O) groups is 1. The SMILES string of the molecule is COc1ccc(-c2csc(NC(=O)c3ccc(-c4ccc(C)c(Cl)c4)o3)n2)cc1F. The Kier molecular flexibility index (Phi) is 5.57. The van der Waals surface area contributed by atoms with Crippen molar-refractivity contribution in [2.45, 2.75) is 6.92 Å². The maximum absolute atomic E-state index is 13.9. The van der Waals surface area contributed by atoms with Crippen LogP contribution < -0.4 is 10.1 Å². The van der Waals surface area contributed by atoms with Crippen LogP contribution in [0.25, 0.3) is 22.6 Å². The molecule has 4 rings (SSSR count). The van der Waals surface area contributed by atoms with E-state index in [-0.39, 0.29) is 11.5 Å². The zero-order valence-corrected chi connectivity index (χ0v) is 17.6. The molecule has 0 saturated heterocycles. The van der Waals surface area contributed by atoms with Gasteiger partial charge in [0.2, 0.25) is 0 Å². The second kappa shape index (κ2) is 8.30. The van der Waals surface area contributed by atoms with Crippen LogP contribution >= 0.6 is 22.9 Å². The number of furan rings is 1. The Labute approximate surface area is 181 Å². The van der Waals surface area contributed by atoms with Crippen LogP contribution in [0.15, 0.2) is 58.3 Å². The Hall–Kier alpha value is -3.16. The Balaban J connectivity index is 1.49. The average molecular weight is 443 g/mol. The van der Waals surface area contributed by atoms with E-state index in [1.807, 2.05) is 19.1 Å². The lowest BCUT2D eigenvalue weighted by Crippen LogP contribution is -2.10. The van der Waals surface area contributed by atoms with E-state index in [1.54, 1.807) is 29.6 Å². The number of amides is 1. The molecule has 0 radical (unpaired) electrons. The van der Waals surface area contributed by atoms with Gasteiger partial charge in [-0.3, -0.25) is 10.1 Å². The summed E-state index contributed by atoms with van der Waals surface area (Å²) in [6.07, 6.45) is 0. The second-order valence-electron chi connectivity index (χ2n) is 6.47. The van der Waals surface area contributed by atoms with E-state index in [4.69, 9.17) is 20.8 Å². The number of anilines is 1. The molecule has 0 aliphatic rings. The van der Waals surface area contributed by atoms with Crippen LogP contribution in [0.3, 0.4) is 0 Å². The number of benzene rings is 2. The topological polar surface area (TPSA) is 64.4 Å². The van der Waals surface area contributed by atoms with Crippen molar-refractivity contribution in [3.8, 4) is 28.3 Å². The predicted octanol–water partition coefficient (Wildman–Crippen LogP) is 6.43. The number of methoxy groups -OCH3 is 1. The van der Waals surface area contributed by atoms with E-state index in [0.717, 1.165) is 11.1 Å². The van der Waals surface area contributed by atoms with Crippen LogP contribution in [0.1, 0.15) is 16.1 Å². The highest BCUT2D eigenvalue weighted by atomic mass is 35.5. The summed E-state index contributed by atoms with van der Waals surface area (Å²) in [5.41, 5.74) is 2.87. The van der Waals surface area contributed by atoms with Gasteiger partial charge in [-0.1, -0.05) is 23.7 Å². The average Bonchev–Trinajstić information content (AvgIpc) is 3.40. The van der Waals surface area contributed by atoms with Crippen molar-refractivity contribution in [3.05, 3.63) is 76.1 Å². The summed E-state index contributed by atoms with van der Waals surface area (Å²) in [6.45, 7) is 1.91. The van der Waals surface area contributed by atoms with Crippen molar-refractivity contribution < 1.29 is 18.3 Å². The number of halogens is 2. The number of rotatable bonds is 5. The van der Waals surface area contributed by atoms with Crippen LogP contribution in [0.5, 0.6) is 5.75 Å². The van der Waals surface area contributed by atoms with Gasteiger partial charge in [0.15, 0.2) is 22.5 Å². The fourth-order valence-electron chi connectivity index (χ4n) is 2.81. The van der Waals surface area contributed by atoms with E-state index in [2.05, 4.69) is 10.3 Å². The molecule has 0 spiro atoms. The third-order valence-electron chi connectivity index (χ3n) is 4.46. The van der Waals surface area contributed by atoms with Crippen molar-refractivity contribution in [1.82, 2.24) is 4.98 Å². The molecule has 0 aliphatic heterocycles. The van der Waals surface area contributed by atoms with E-state index in [9.17, 15) is 9.18 Å². The second-order valence-corrected chi connectivity index (χ2v) is 7.73. The molecule has 0 bridgehead atoms. The smallest absolute Gasteiger partial charge is 0.293 e. The predicted molar refractivity (Wildman–Crippen MR) is 116 cm³/mol. The minimum absolute atomic E-state index is 0.147. The molecule has 2 heterocycles. The molecule has 0 unspecified atom stereocenters. The summed E-state index contributed by atoms with van der Waals surface area (Å²) < 4.78 is 24.5. The molecule has 0 atom stereocenters. The molecule has 2 aromatic heterocycles. The van der Waals surface area contributed by atoms with Crippen LogP contribution in [0.2, 0.25) is 5.02 Å². The van der Waals surface area contributed by atoms with Crippen molar-refractivity contribution in [2.24, 2.45) is 0 Å². The first-order chi connectivity index (χ1) is 14.4. The number of thiazole rings is 1. The standard InChI is InChI=1S/C22H16ClFN2O3S/c1-12-3-4-14(9-15(12)23)18-7-8-20(29-18)21(27)26-22-25-17(11-30-22)13-5-6-19(28-2)16(24)10-13/h3-11H,1-2H3,(H,25,26,27). The number of nitrogens with one attached hydrogen (secondary N) is 1. The molecule has 30 heavy (non-hydrogen) atoms. The fraction of sp³-hybridized carbons (Fsp3) is 0.0909. The van der Waals surface area contributed by atoms with Gasteiger partial charge in [-0.15, -0.1) is 11.3 Å². The largest absolute Gasteiger partial charge is 0.494 e. The molecule has 2 aromatic carbocycles. The lowest BCUT2D eigenvalue weighted by molar-refractivity contribution is 0.0997. The zero-order valence-electron chi connectivity index (χ0n) is 16.0. The van der Waals surface area contributed by atoms with Crippen molar-refractivity contribution in [3.63, 3.8) is 0 Å².